The van der Waals surface area contributed by atoms with Gasteiger partial charge in [0.15, 0.2) is 0 Å². The second-order valence-electron chi connectivity index (χ2n) is 6.00. The molecule has 15 heavy (non-hydrogen) atoms. The summed E-state index contributed by atoms with van der Waals surface area (Å²) in [6.45, 7) is 10.1. The lowest BCUT2D eigenvalue weighted by atomic mass is 9.49. The Labute approximate surface area is 92.8 Å². The van der Waals surface area contributed by atoms with Crippen LogP contribution in [0.1, 0.15) is 34.6 Å². The van der Waals surface area contributed by atoms with E-state index in [1.165, 1.54) is 6.92 Å². The Hall–Kier alpha value is -0.570. The number of carbonyl (C=O) groups excluding carboxylic acids is 1. The van der Waals surface area contributed by atoms with Crippen LogP contribution in [0.3, 0.4) is 0 Å². The molecule has 0 aliphatic heterocycles. The van der Waals surface area contributed by atoms with Gasteiger partial charge in [-0.15, -0.1) is 0 Å². The van der Waals surface area contributed by atoms with Crippen LogP contribution in [0.2, 0.25) is 0 Å². The third-order valence-corrected chi connectivity index (χ3v) is 3.56. The lowest BCUT2D eigenvalue weighted by molar-refractivity contribution is -0.232. The summed E-state index contributed by atoms with van der Waals surface area (Å²) < 4.78 is 5.43. The van der Waals surface area contributed by atoms with Gasteiger partial charge in [0.2, 0.25) is 0 Å². The minimum atomic E-state index is -0.182. The number of ether oxygens (including phenoxy) is 1. The third kappa shape index (κ3) is 1.78. The van der Waals surface area contributed by atoms with Gasteiger partial charge in [0.05, 0.1) is 0 Å². The fraction of sp³-hybridized carbons (Fsp3) is 0.917. The monoisotopic (exact) mass is 213 g/mol. The normalized spacial score (nSPS) is 32.3. The van der Waals surface area contributed by atoms with E-state index < -0.39 is 0 Å². The summed E-state index contributed by atoms with van der Waals surface area (Å²) in [5, 5.41) is 0. The van der Waals surface area contributed by atoms with Crippen molar-refractivity contribution in [3.8, 4) is 0 Å². The molecule has 0 unspecified atom stereocenters. The van der Waals surface area contributed by atoms with E-state index in [2.05, 4.69) is 46.7 Å². The van der Waals surface area contributed by atoms with E-state index in [-0.39, 0.29) is 22.9 Å². The molecule has 0 aromatic heterocycles. The topological polar surface area (TPSA) is 29.5 Å². The van der Waals surface area contributed by atoms with Crippen molar-refractivity contribution in [3.63, 3.8) is 0 Å². The van der Waals surface area contributed by atoms with Crippen LogP contribution in [-0.4, -0.2) is 37.1 Å². The molecule has 0 heterocycles. The maximum Gasteiger partial charge on any atom is 0.302 e. The molecule has 0 aromatic rings. The molecule has 0 radical (unpaired) electrons. The second kappa shape index (κ2) is 3.48. The molecule has 0 N–H and O–H groups in total. The number of hydrogen-bond acceptors (Lipinski definition) is 3. The molecule has 1 saturated carbocycles. The number of rotatable bonds is 2. The highest BCUT2D eigenvalue weighted by molar-refractivity contribution is 5.66. The molecule has 1 aliphatic carbocycles. The Morgan fingerprint density at radius 1 is 1.13 bits per heavy atom. The number of nitrogens with zero attached hydrogens (tertiary/aromatic N) is 1. The van der Waals surface area contributed by atoms with E-state index >= 15 is 0 Å². The minimum Gasteiger partial charge on any atom is -0.461 e. The first kappa shape index (κ1) is 12.5. The van der Waals surface area contributed by atoms with Gasteiger partial charge in [-0.3, -0.25) is 4.79 Å². The van der Waals surface area contributed by atoms with Gasteiger partial charge >= 0.3 is 5.97 Å². The Balaban J connectivity index is 2.89. The summed E-state index contributed by atoms with van der Waals surface area (Å²) in [6.07, 6.45) is 0.00917. The molecule has 0 bridgehead atoms. The molecule has 0 saturated heterocycles. The van der Waals surface area contributed by atoms with Crippen LogP contribution >= 0.6 is 0 Å². The van der Waals surface area contributed by atoms with Gasteiger partial charge in [-0.2, -0.15) is 0 Å². The van der Waals surface area contributed by atoms with Crippen molar-refractivity contribution in [2.45, 2.75) is 46.8 Å². The highest BCUT2D eigenvalue weighted by Gasteiger charge is 2.64. The zero-order chi connectivity index (χ0) is 12.0. The molecule has 0 amide bonds. The van der Waals surface area contributed by atoms with E-state index in [1.54, 1.807) is 0 Å². The Morgan fingerprint density at radius 3 is 1.80 bits per heavy atom. The molecular formula is C12H23NO2. The lowest BCUT2D eigenvalue weighted by Gasteiger charge is -2.64. The van der Waals surface area contributed by atoms with E-state index in [9.17, 15) is 4.79 Å². The summed E-state index contributed by atoms with van der Waals surface area (Å²) in [7, 11) is 4.16. The zero-order valence-corrected chi connectivity index (χ0v) is 10.9. The van der Waals surface area contributed by atoms with E-state index in [0.717, 1.165) is 0 Å². The average Bonchev–Trinajstić information content (AvgIpc) is 1.97. The van der Waals surface area contributed by atoms with Crippen molar-refractivity contribution >= 4 is 5.97 Å². The van der Waals surface area contributed by atoms with Crippen LogP contribution in [0.5, 0.6) is 0 Å². The van der Waals surface area contributed by atoms with Gasteiger partial charge in [0.1, 0.15) is 6.10 Å². The van der Waals surface area contributed by atoms with Crippen molar-refractivity contribution in [1.82, 2.24) is 4.90 Å². The van der Waals surface area contributed by atoms with Crippen LogP contribution in [0, 0.1) is 10.8 Å². The van der Waals surface area contributed by atoms with Gasteiger partial charge in [0.25, 0.3) is 0 Å². The molecule has 1 fully saturated rings. The molecular weight excluding hydrogens is 190 g/mol. The van der Waals surface area contributed by atoms with Crippen LogP contribution in [-0.2, 0) is 9.53 Å². The third-order valence-electron chi connectivity index (χ3n) is 3.56. The summed E-state index contributed by atoms with van der Waals surface area (Å²) in [6, 6.07) is 0.439. The molecule has 3 heteroatoms. The number of esters is 1. The van der Waals surface area contributed by atoms with Crippen LogP contribution in [0.15, 0.2) is 0 Å². The SMILES string of the molecule is CC(=O)OC1C(C)(C)C(N(C)C)C1(C)C. The van der Waals surface area contributed by atoms with Gasteiger partial charge in [-0.25, -0.2) is 0 Å². The van der Waals surface area contributed by atoms with Crippen LogP contribution in [0.4, 0.5) is 0 Å². The molecule has 1 rings (SSSR count). The largest absolute Gasteiger partial charge is 0.461 e. The highest BCUT2D eigenvalue weighted by atomic mass is 16.5. The quantitative estimate of drug-likeness (QED) is 0.656. The fourth-order valence-electron chi connectivity index (χ4n) is 3.91. The minimum absolute atomic E-state index is 0.00917. The van der Waals surface area contributed by atoms with Crippen LogP contribution in [0.25, 0.3) is 0 Å². The Bertz CT molecular complexity index is 253. The summed E-state index contributed by atoms with van der Waals surface area (Å²) in [4.78, 5) is 13.3. The molecule has 3 nitrogen and oxygen atoms in total. The predicted octanol–water partition coefficient (Wildman–Crippen LogP) is 1.91. The first-order chi connectivity index (χ1) is 6.61. The smallest absolute Gasteiger partial charge is 0.302 e. The van der Waals surface area contributed by atoms with Crippen molar-refractivity contribution in [1.29, 1.82) is 0 Å². The number of carbonyl (C=O) groups is 1. The molecule has 88 valence electrons. The zero-order valence-electron chi connectivity index (χ0n) is 10.9. The predicted molar refractivity (Wildman–Crippen MR) is 60.6 cm³/mol. The average molecular weight is 213 g/mol. The summed E-state index contributed by atoms with van der Waals surface area (Å²) >= 11 is 0. The first-order valence-corrected chi connectivity index (χ1v) is 5.45. The highest BCUT2D eigenvalue weighted by Crippen LogP contribution is 2.57. The van der Waals surface area contributed by atoms with E-state index in [1.807, 2.05) is 0 Å². The van der Waals surface area contributed by atoms with Crippen molar-refractivity contribution in [2.75, 3.05) is 14.1 Å². The molecule has 0 aromatic carbocycles. The fourth-order valence-corrected chi connectivity index (χ4v) is 3.91. The van der Waals surface area contributed by atoms with E-state index in [4.69, 9.17) is 4.74 Å². The van der Waals surface area contributed by atoms with Crippen LogP contribution < -0.4 is 0 Å². The maximum absolute atomic E-state index is 11.1. The molecule has 1 aliphatic rings. The van der Waals surface area contributed by atoms with E-state index in [0.29, 0.717) is 6.04 Å². The van der Waals surface area contributed by atoms with Gasteiger partial charge in [-0.1, -0.05) is 27.7 Å². The Morgan fingerprint density at radius 2 is 1.53 bits per heavy atom. The van der Waals surface area contributed by atoms with Crippen molar-refractivity contribution < 1.29 is 9.53 Å². The van der Waals surface area contributed by atoms with Gasteiger partial charge < -0.3 is 9.64 Å². The molecule has 0 spiro atoms. The first-order valence-electron chi connectivity index (χ1n) is 5.45. The summed E-state index contributed by atoms with van der Waals surface area (Å²) in [5.41, 5.74) is 0.0529. The van der Waals surface area contributed by atoms with Gasteiger partial charge in [-0.05, 0) is 14.1 Å². The van der Waals surface area contributed by atoms with Crippen molar-refractivity contribution in [3.05, 3.63) is 0 Å². The lowest BCUT2D eigenvalue weighted by Crippen LogP contribution is -2.72. The van der Waals surface area contributed by atoms with Crippen molar-refractivity contribution in [2.24, 2.45) is 10.8 Å². The summed E-state index contributed by atoms with van der Waals surface area (Å²) in [5.74, 6) is -0.182. The second-order valence-corrected chi connectivity index (χ2v) is 6.00. The standard InChI is InChI=1S/C12H23NO2/c1-8(14)15-10-11(2,3)9(13(6)7)12(10,4)5/h9-10H,1-7H3. The Kier molecular flexibility index (Phi) is 2.90. The molecule has 0 atom stereocenters. The number of hydrogen-bond donors (Lipinski definition) is 0. The van der Waals surface area contributed by atoms with Gasteiger partial charge in [0, 0.05) is 23.8 Å². The maximum atomic E-state index is 11.1.